The molecule has 2 aromatic rings. The first-order valence-electron chi connectivity index (χ1n) is 12.5. The number of carbonyl (C=O) groups is 1. The highest BCUT2D eigenvalue weighted by Gasteiger charge is 2.18. The molecule has 11 nitrogen and oxygen atoms in total. The van der Waals surface area contributed by atoms with E-state index in [2.05, 4.69) is 37.4 Å². The number of anilines is 2. The fourth-order valence-electron chi connectivity index (χ4n) is 4.23. The number of nitrogens with one attached hydrogen (secondary N) is 1. The average molecular weight is 530 g/mol. The number of amidine groups is 1. The molecule has 0 fully saturated rings. The smallest absolute Gasteiger partial charge is 0.280 e. The molecule has 0 unspecified atom stereocenters. The maximum atomic E-state index is 12.3. The van der Waals surface area contributed by atoms with Crippen LogP contribution in [0.25, 0.3) is 0 Å². The molecule has 0 bridgehead atoms. The van der Waals surface area contributed by atoms with Gasteiger partial charge in [0, 0.05) is 19.5 Å². The van der Waals surface area contributed by atoms with Crippen LogP contribution in [0.2, 0.25) is 5.15 Å². The number of halogens is 1. The molecule has 0 atom stereocenters. The SMILES string of the molecule is CC(N)=NCCCOc1ccc(CCCCN=C(N)NC(=O)c2nc(Cl)c(N)nc2N)c2c1CCCC2. The molecule has 1 amide bonds. The highest BCUT2D eigenvalue weighted by molar-refractivity contribution is 6.31. The van der Waals surface area contributed by atoms with Crippen LogP contribution in [-0.2, 0) is 19.3 Å². The summed E-state index contributed by atoms with van der Waals surface area (Å²) < 4.78 is 6.09. The Hall–Kier alpha value is -3.60. The van der Waals surface area contributed by atoms with Crippen molar-refractivity contribution in [2.45, 2.75) is 58.3 Å². The van der Waals surface area contributed by atoms with Crippen LogP contribution in [0, 0.1) is 0 Å². The number of benzene rings is 1. The molecule has 1 aromatic carbocycles. The first kappa shape index (κ1) is 28.0. The van der Waals surface area contributed by atoms with Gasteiger partial charge in [0.1, 0.15) is 5.75 Å². The lowest BCUT2D eigenvalue weighted by atomic mass is 9.86. The number of aliphatic imine (C=N–C) groups is 2. The first-order chi connectivity index (χ1) is 17.8. The molecule has 0 spiro atoms. The van der Waals surface area contributed by atoms with Crippen LogP contribution < -0.4 is 33.0 Å². The summed E-state index contributed by atoms with van der Waals surface area (Å²) in [4.78, 5) is 28.4. The number of amides is 1. The van der Waals surface area contributed by atoms with Gasteiger partial charge in [-0.2, -0.15) is 0 Å². The number of hydrogen-bond acceptors (Lipinski definition) is 8. The number of hydrogen-bond donors (Lipinski definition) is 5. The topological polar surface area (TPSA) is 193 Å². The van der Waals surface area contributed by atoms with Crippen molar-refractivity contribution in [1.82, 2.24) is 15.3 Å². The predicted molar refractivity (Wildman–Crippen MR) is 148 cm³/mol. The molecule has 37 heavy (non-hydrogen) atoms. The summed E-state index contributed by atoms with van der Waals surface area (Å²) in [5, 5.41) is 2.34. The molecule has 0 saturated carbocycles. The van der Waals surface area contributed by atoms with Crippen molar-refractivity contribution in [3.63, 3.8) is 0 Å². The quantitative estimate of drug-likeness (QED) is 0.166. The Bertz CT molecular complexity index is 1160. The molecule has 0 radical (unpaired) electrons. The molecule has 0 aliphatic heterocycles. The van der Waals surface area contributed by atoms with Gasteiger partial charge in [0.2, 0.25) is 0 Å². The maximum Gasteiger partial charge on any atom is 0.280 e. The van der Waals surface area contributed by atoms with Gasteiger partial charge in [-0.15, -0.1) is 0 Å². The summed E-state index contributed by atoms with van der Waals surface area (Å²) >= 11 is 5.82. The number of unbranched alkanes of at least 4 members (excludes halogenated alkanes) is 1. The predicted octanol–water partition coefficient (Wildman–Crippen LogP) is 2.39. The van der Waals surface area contributed by atoms with Crippen LogP contribution in [0.4, 0.5) is 11.6 Å². The van der Waals surface area contributed by atoms with Crippen molar-refractivity contribution in [2.24, 2.45) is 21.5 Å². The van der Waals surface area contributed by atoms with E-state index >= 15 is 0 Å². The molecule has 1 heterocycles. The number of nitrogens with zero attached hydrogens (tertiary/aromatic N) is 4. The maximum absolute atomic E-state index is 12.3. The average Bonchev–Trinajstić information content (AvgIpc) is 2.86. The number of nitrogen functional groups attached to an aromatic ring is 2. The zero-order valence-corrected chi connectivity index (χ0v) is 22.0. The fourth-order valence-corrected chi connectivity index (χ4v) is 4.36. The number of fused-ring (bicyclic) bond motifs is 1. The van der Waals surface area contributed by atoms with E-state index in [1.807, 2.05) is 0 Å². The van der Waals surface area contributed by atoms with Crippen LogP contribution in [0.5, 0.6) is 5.75 Å². The van der Waals surface area contributed by atoms with E-state index in [1.54, 1.807) is 6.92 Å². The van der Waals surface area contributed by atoms with Crippen LogP contribution in [0.1, 0.15) is 66.2 Å². The Kier molecular flexibility index (Phi) is 10.3. The van der Waals surface area contributed by atoms with Gasteiger partial charge in [-0.05, 0) is 74.6 Å². The number of nitrogens with two attached hydrogens (primary N) is 4. The Labute approximate surface area is 222 Å². The van der Waals surface area contributed by atoms with Crippen LogP contribution >= 0.6 is 11.6 Å². The Morgan fingerprint density at radius 3 is 2.51 bits per heavy atom. The first-order valence-corrected chi connectivity index (χ1v) is 12.9. The molecule has 12 heteroatoms. The minimum absolute atomic E-state index is 0.0228. The van der Waals surface area contributed by atoms with Crippen molar-refractivity contribution < 1.29 is 9.53 Å². The van der Waals surface area contributed by atoms with Gasteiger partial charge in [-0.1, -0.05) is 17.7 Å². The van der Waals surface area contributed by atoms with Crippen molar-refractivity contribution in [2.75, 3.05) is 31.2 Å². The third kappa shape index (κ3) is 8.21. The molecular weight excluding hydrogens is 494 g/mol. The number of carbonyl (C=O) groups excluding carboxylic acids is 1. The van der Waals surface area contributed by atoms with E-state index in [0.29, 0.717) is 25.5 Å². The van der Waals surface area contributed by atoms with E-state index in [9.17, 15) is 4.79 Å². The number of rotatable bonds is 11. The van der Waals surface area contributed by atoms with Crippen LogP contribution in [0.15, 0.2) is 22.1 Å². The normalized spacial score (nSPS) is 13.8. The number of aryl methyl sites for hydroxylation is 1. The second kappa shape index (κ2) is 13.6. The third-order valence-electron chi connectivity index (χ3n) is 6.01. The fraction of sp³-hybridized carbons (Fsp3) is 0.480. The number of aromatic nitrogens is 2. The van der Waals surface area contributed by atoms with Crippen molar-refractivity contribution in [3.8, 4) is 5.75 Å². The Balaban J connectivity index is 1.49. The minimum atomic E-state index is -0.649. The van der Waals surface area contributed by atoms with E-state index in [4.69, 9.17) is 39.3 Å². The largest absolute Gasteiger partial charge is 0.493 e. The molecule has 200 valence electrons. The van der Waals surface area contributed by atoms with Crippen molar-refractivity contribution in [1.29, 1.82) is 0 Å². The van der Waals surface area contributed by atoms with E-state index < -0.39 is 5.91 Å². The monoisotopic (exact) mass is 529 g/mol. The lowest BCUT2D eigenvalue weighted by Gasteiger charge is -2.23. The lowest BCUT2D eigenvalue weighted by Crippen LogP contribution is -2.38. The second-order valence-corrected chi connectivity index (χ2v) is 9.28. The van der Waals surface area contributed by atoms with Gasteiger partial charge < -0.3 is 27.7 Å². The summed E-state index contributed by atoms with van der Waals surface area (Å²) in [5.41, 5.74) is 26.6. The molecule has 1 aromatic heterocycles. The van der Waals surface area contributed by atoms with Gasteiger partial charge in [0.05, 0.1) is 12.4 Å². The highest BCUT2D eigenvalue weighted by atomic mass is 35.5. The Morgan fingerprint density at radius 2 is 1.76 bits per heavy atom. The van der Waals surface area contributed by atoms with Gasteiger partial charge in [0.25, 0.3) is 5.91 Å². The summed E-state index contributed by atoms with van der Waals surface area (Å²) in [6, 6.07) is 4.28. The number of guanidine groups is 1. The van der Waals surface area contributed by atoms with Gasteiger partial charge in [0.15, 0.2) is 28.4 Å². The number of ether oxygens (including phenoxy) is 1. The Morgan fingerprint density at radius 1 is 1.03 bits per heavy atom. The summed E-state index contributed by atoms with van der Waals surface area (Å²) in [6.07, 6.45) is 8.06. The van der Waals surface area contributed by atoms with Crippen LogP contribution in [0.3, 0.4) is 0 Å². The van der Waals surface area contributed by atoms with Crippen molar-refractivity contribution >= 4 is 40.9 Å². The molecule has 1 aliphatic carbocycles. The minimum Gasteiger partial charge on any atom is -0.493 e. The summed E-state index contributed by atoms with van der Waals surface area (Å²) in [6.45, 7) is 3.57. The second-order valence-electron chi connectivity index (χ2n) is 8.92. The molecule has 1 aliphatic rings. The molecule has 0 saturated heterocycles. The van der Waals surface area contributed by atoms with Crippen molar-refractivity contribution in [3.05, 3.63) is 39.7 Å². The van der Waals surface area contributed by atoms with Gasteiger partial charge >= 0.3 is 0 Å². The molecule has 9 N–H and O–H groups in total. The van der Waals surface area contributed by atoms with Crippen LogP contribution in [-0.4, -0.2) is 47.4 Å². The van der Waals surface area contributed by atoms with E-state index in [-0.39, 0.29) is 28.4 Å². The summed E-state index contributed by atoms with van der Waals surface area (Å²) in [7, 11) is 0. The van der Waals surface area contributed by atoms with E-state index in [0.717, 1.165) is 44.3 Å². The molecule has 3 rings (SSSR count). The van der Waals surface area contributed by atoms with Gasteiger partial charge in [-0.3, -0.25) is 20.1 Å². The highest BCUT2D eigenvalue weighted by Crippen LogP contribution is 2.33. The molecular formula is C25H36ClN9O2. The zero-order valence-electron chi connectivity index (χ0n) is 21.2. The van der Waals surface area contributed by atoms with E-state index in [1.165, 1.54) is 29.5 Å². The zero-order chi connectivity index (χ0) is 26.8. The standard InChI is InChI=1S/C25H36ClN9O2/c1-15(27)31-13-6-14-37-19-11-10-16(17-8-2-3-9-18(17)19)7-4-5-12-32-25(30)35-24(36)20-22(28)34-23(29)21(26)33-20/h10-11H,2-9,12-14H2,1H3,(H2,27,31)(H4,28,29,34)(H3,30,32,35,36). The van der Waals surface area contributed by atoms with Gasteiger partial charge in [-0.25, -0.2) is 9.97 Å². The lowest BCUT2D eigenvalue weighted by molar-refractivity contribution is 0.0972. The third-order valence-corrected chi connectivity index (χ3v) is 6.29. The summed E-state index contributed by atoms with van der Waals surface area (Å²) in [5.74, 6) is 0.734.